The van der Waals surface area contributed by atoms with Gasteiger partial charge in [-0.3, -0.25) is 19.2 Å². The molecular formula is C33H47N5O4. The van der Waals surface area contributed by atoms with Gasteiger partial charge >= 0.3 is 0 Å². The number of nitrogens with two attached hydrogens (primary N) is 2. The van der Waals surface area contributed by atoms with Crippen molar-refractivity contribution in [3.8, 4) is 0 Å². The number of carbonyl (C=O) groups excluding carboxylic acids is 4. The standard InChI is InChI=1S/C33H47N5O4/c1-2-3-19-27(32(41)37-28(30(35)39)21-24-15-9-5-10-16-24)36-33(42)29(22-25-17-11-6-12-18-25)38-31(40)26(34)20-23-13-7-4-8-14-23/h4,6-8,11-14,17-18,24,26-29H,2-3,5,9-10,15-16,19-22,34H2,1H3,(H2,35,39)(H,36,42)(H,37,41)(H,38,40)/t26-,27+,28-,29-/m0/s1. The minimum absolute atomic E-state index is 0.226. The molecule has 0 aliphatic heterocycles. The Kier molecular flexibility index (Phi) is 13.5. The van der Waals surface area contributed by atoms with E-state index in [1.165, 1.54) is 6.42 Å². The zero-order valence-corrected chi connectivity index (χ0v) is 24.7. The van der Waals surface area contributed by atoms with Crippen LogP contribution in [0.1, 0.15) is 75.8 Å². The number of amides is 4. The average molecular weight is 578 g/mol. The summed E-state index contributed by atoms with van der Waals surface area (Å²) < 4.78 is 0. The van der Waals surface area contributed by atoms with Crippen molar-refractivity contribution in [3.05, 3.63) is 71.8 Å². The molecule has 0 bridgehead atoms. The van der Waals surface area contributed by atoms with Gasteiger partial charge in [-0.25, -0.2) is 0 Å². The second-order valence-corrected chi connectivity index (χ2v) is 11.5. The summed E-state index contributed by atoms with van der Waals surface area (Å²) in [7, 11) is 0. The Bertz CT molecular complexity index is 1140. The van der Waals surface area contributed by atoms with Crippen molar-refractivity contribution in [2.75, 3.05) is 0 Å². The number of primary amides is 1. The number of rotatable bonds is 16. The fraction of sp³-hybridized carbons (Fsp3) is 0.515. The molecule has 4 atom stereocenters. The van der Waals surface area contributed by atoms with E-state index in [4.69, 9.17) is 11.5 Å². The van der Waals surface area contributed by atoms with Gasteiger partial charge in [-0.05, 0) is 36.3 Å². The van der Waals surface area contributed by atoms with Gasteiger partial charge in [-0.2, -0.15) is 0 Å². The lowest BCUT2D eigenvalue weighted by Crippen LogP contribution is -2.58. The Morgan fingerprint density at radius 3 is 1.83 bits per heavy atom. The normalized spacial score (nSPS) is 16.4. The Hall–Kier alpha value is -3.72. The molecule has 4 amide bonds. The van der Waals surface area contributed by atoms with Crippen LogP contribution in [0.4, 0.5) is 0 Å². The van der Waals surface area contributed by atoms with Crippen LogP contribution in [0.15, 0.2) is 60.7 Å². The highest BCUT2D eigenvalue weighted by atomic mass is 16.2. The second kappa shape index (κ2) is 17.3. The highest BCUT2D eigenvalue weighted by Gasteiger charge is 2.31. The molecule has 9 heteroatoms. The Morgan fingerprint density at radius 1 is 0.738 bits per heavy atom. The van der Waals surface area contributed by atoms with E-state index >= 15 is 0 Å². The third-order valence-corrected chi connectivity index (χ3v) is 7.98. The van der Waals surface area contributed by atoms with E-state index in [9.17, 15) is 19.2 Å². The predicted molar refractivity (Wildman–Crippen MR) is 164 cm³/mol. The van der Waals surface area contributed by atoms with Crippen molar-refractivity contribution in [1.82, 2.24) is 16.0 Å². The van der Waals surface area contributed by atoms with Crippen LogP contribution in [0.25, 0.3) is 0 Å². The topological polar surface area (TPSA) is 156 Å². The highest BCUT2D eigenvalue weighted by Crippen LogP contribution is 2.27. The van der Waals surface area contributed by atoms with Crippen LogP contribution >= 0.6 is 0 Å². The molecule has 1 aliphatic rings. The molecule has 1 saturated carbocycles. The molecule has 0 unspecified atom stereocenters. The molecule has 7 N–H and O–H groups in total. The monoisotopic (exact) mass is 577 g/mol. The van der Waals surface area contributed by atoms with Gasteiger partial charge in [0.15, 0.2) is 0 Å². The molecule has 3 rings (SSSR count). The first-order valence-corrected chi connectivity index (χ1v) is 15.3. The summed E-state index contributed by atoms with van der Waals surface area (Å²) >= 11 is 0. The molecule has 1 aliphatic carbocycles. The van der Waals surface area contributed by atoms with Crippen LogP contribution in [0.3, 0.4) is 0 Å². The van der Waals surface area contributed by atoms with E-state index in [0.717, 1.165) is 43.2 Å². The van der Waals surface area contributed by atoms with Crippen molar-refractivity contribution in [2.24, 2.45) is 17.4 Å². The number of hydrogen-bond donors (Lipinski definition) is 5. The van der Waals surface area contributed by atoms with Crippen molar-refractivity contribution >= 4 is 23.6 Å². The van der Waals surface area contributed by atoms with Gasteiger partial charge in [0.05, 0.1) is 6.04 Å². The Labute approximate surface area is 249 Å². The maximum Gasteiger partial charge on any atom is 0.243 e. The number of carbonyl (C=O) groups is 4. The van der Waals surface area contributed by atoms with Crippen LogP contribution in [0, 0.1) is 5.92 Å². The lowest BCUT2D eigenvalue weighted by Gasteiger charge is -2.28. The van der Waals surface area contributed by atoms with E-state index in [-0.39, 0.29) is 6.42 Å². The smallest absolute Gasteiger partial charge is 0.243 e. The molecule has 42 heavy (non-hydrogen) atoms. The van der Waals surface area contributed by atoms with Gasteiger partial charge < -0.3 is 27.4 Å². The molecule has 0 radical (unpaired) electrons. The SMILES string of the molecule is CCCC[C@@H](NC(=O)[C@H](Cc1ccccc1)NC(=O)[C@@H](N)Cc1ccccc1)C(=O)N[C@@H](CC1CCCCC1)C(N)=O. The summed E-state index contributed by atoms with van der Waals surface area (Å²) in [6, 6.07) is 15.3. The van der Waals surface area contributed by atoms with Gasteiger partial charge in [0.2, 0.25) is 23.6 Å². The number of benzene rings is 2. The average Bonchev–Trinajstić information content (AvgIpc) is 2.99. The number of nitrogens with one attached hydrogen (secondary N) is 3. The van der Waals surface area contributed by atoms with Crippen molar-refractivity contribution in [2.45, 2.75) is 102 Å². The summed E-state index contributed by atoms with van der Waals surface area (Å²) in [5.41, 5.74) is 13.7. The third kappa shape index (κ3) is 10.9. The predicted octanol–water partition coefficient (Wildman–Crippen LogP) is 2.90. The summed E-state index contributed by atoms with van der Waals surface area (Å²) in [5, 5.41) is 8.49. The third-order valence-electron chi connectivity index (χ3n) is 7.98. The first-order valence-electron chi connectivity index (χ1n) is 15.3. The van der Waals surface area contributed by atoms with Gasteiger partial charge in [0.25, 0.3) is 0 Å². The second-order valence-electron chi connectivity index (χ2n) is 11.5. The van der Waals surface area contributed by atoms with Gasteiger partial charge in [-0.15, -0.1) is 0 Å². The zero-order valence-electron chi connectivity index (χ0n) is 24.7. The summed E-state index contributed by atoms with van der Waals surface area (Å²) in [4.78, 5) is 52.4. The van der Waals surface area contributed by atoms with Crippen LogP contribution < -0.4 is 27.4 Å². The first kappa shape index (κ1) is 32.8. The molecular weight excluding hydrogens is 530 g/mol. The summed E-state index contributed by atoms with van der Waals surface area (Å²) in [6.45, 7) is 2.00. The van der Waals surface area contributed by atoms with E-state index in [0.29, 0.717) is 31.6 Å². The van der Waals surface area contributed by atoms with E-state index in [1.807, 2.05) is 67.6 Å². The minimum atomic E-state index is -0.951. The lowest BCUT2D eigenvalue weighted by molar-refractivity contribution is -0.133. The van der Waals surface area contributed by atoms with Gasteiger partial charge in [-0.1, -0.05) is 113 Å². The quantitative estimate of drug-likeness (QED) is 0.207. The van der Waals surface area contributed by atoms with Crippen LogP contribution in [-0.2, 0) is 32.0 Å². The molecule has 2 aromatic carbocycles. The van der Waals surface area contributed by atoms with Crippen molar-refractivity contribution in [1.29, 1.82) is 0 Å². The summed E-state index contributed by atoms with van der Waals surface area (Å²) in [6.07, 6.45) is 8.40. The van der Waals surface area contributed by atoms with E-state index in [2.05, 4.69) is 16.0 Å². The molecule has 0 saturated heterocycles. The van der Waals surface area contributed by atoms with Crippen molar-refractivity contribution < 1.29 is 19.2 Å². The largest absolute Gasteiger partial charge is 0.368 e. The molecule has 1 fully saturated rings. The minimum Gasteiger partial charge on any atom is -0.368 e. The van der Waals surface area contributed by atoms with Crippen LogP contribution in [0.5, 0.6) is 0 Å². The molecule has 0 heterocycles. The molecule has 0 spiro atoms. The zero-order chi connectivity index (χ0) is 30.3. The summed E-state index contributed by atoms with van der Waals surface area (Å²) in [5.74, 6) is -1.62. The number of unbranched alkanes of at least 4 members (excludes halogenated alkanes) is 1. The number of hydrogen-bond acceptors (Lipinski definition) is 5. The van der Waals surface area contributed by atoms with E-state index in [1.54, 1.807) is 0 Å². The van der Waals surface area contributed by atoms with Crippen molar-refractivity contribution in [3.63, 3.8) is 0 Å². The molecule has 228 valence electrons. The maximum atomic E-state index is 13.6. The maximum absolute atomic E-state index is 13.6. The van der Waals surface area contributed by atoms with Gasteiger partial charge in [0.1, 0.15) is 18.1 Å². The lowest BCUT2D eigenvalue weighted by atomic mass is 9.84. The first-order chi connectivity index (χ1) is 20.3. The Balaban J connectivity index is 1.71. The van der Waals surface area contributed by atoms with Crippen LogP contribution in [-0.4, -0.2) is 47.8 Å². The fourth-order valence-corrected chi connectivity index (χ4v) is 5.52. The molecule has 0 aromatic heterocycles. The molecule has 2 aromatic rings. The Morgan fingerprint density at radius 2 is 1.26 bits per heavy atom. The molecule has 9 nitrogen and oxygen atoms in total. The fourth-order valence-electron chi connectivity index (χ4n) is 5.52. The van der Waals surface area contributed by atoms with Crippen LogP contribution in [0.2, 0.25) is 0 Å². The van der Waals surface area contributed by atoms with E-state index < -0.39 is 47.8 Å². The highest BCUT2D eigenvalue weighted by molar-refractivity contribution is 5.94. The van der Waals surface area contributed by atoms with Gasteiger partial charge in [0, 0.05) is 6.42 Å².